The number of hydrogen-bond donors (Lipinski definition) is 9. The van der Waals surface area contributed by atoms with E-state index in [1.807, 2.05) is 0 Å². The number of nitrogen functional groups attached to an aromatic ring is 1. The zero-order chi connectivity index (χ0) is 33.6. The lowest BCUT2D eigenvalue weighted by atomic mass is 10.1. The number of aromatic nitrogens is 4. The van der Waals surface area contributed by atoms with E-state index in [9.17, 15) is 29.1 Å². The van der Waals surface area contributed by atoms with E-state index in [2.05, 4.69) is 46.2 Å². The maximum Gasteiger partial charge on any atom is 0.305 e. The topological polar surface area (TPSA) is 299 Å². The zero-order valence-corrected chi connectivity index (χ0v) is 25.2. The Morgan fingerprint density at radius 3 is 2.50 bits per heavy atom. The van der Waals surface area contributed by atoms with Crippen molar-refractivity contribution in [3.8, 4) is 0 Å². The standard InChI is InChI=1S/C28H38N12O6/c1-15(4-2-11-33-27(29)30)36-25(45)19(12-21(42)43)38-20(41)5-3-10-32-24(44)16-6-8-17(9-7-16)34-13-18-14-35-23-22(37-18)26(46)40-28(31)39-23/h6-9,14-15,19,34H,2-5,10-13H2,1H3,(H,32,44)(H,36,45)(H,38,41)(H,42,43)(H4,29,30,33)(H3,31,35,39,40,46)/t15-,19?/m1/s1. The van der Waals surface area contributed by atoms with Crippen molar-refractivity contribution < 1.29 is 24.3 Å². The summed E-state index contributed by atoms with van der Waals surface area (Å²) in [4.78, 5) is 79.4. The zero-order valence-electron chi connectivity index (χ0n) is 25.2. The molecule has 0 saturated heterocycles. The van der Waals surface area contributed by atoms with Crippen molar-refractivity contribution in [2.75, 3.05) is 24.1 Å². The van der Waals surface area contributed by atoms with E-state index in [1.54, 1.807) is 31.2 Å². The molecule has 46 heavy (non-hydrogen) atoms. The number of carbonyl (C=O) groups is 4. The highest BCUT2D eigenvalue weighted by Crippen LogP contribution is 2.12. The van der Waals surface area contributed by atoms with Crippen molar-refractivity contribution in [3.63, 3.8) is 0 Å². The molecule has 3 aromatic rings. The number of aliphatic imine (C=N–C) groups is 1. The van der Waals surface area contributed by atoms with Crippen LogP contribution < -0.4 is 44.0 Å². The van der Waals surface area contributed by atoms with Crippen molar-refractivity contribution in [1.29, 1.82) is 0 Å². The lowest BCUT2D eigenvalue weighted by Gasteiger charge is -2.20. The van der Waals surface area contributed by atoms with Gasteiger partial charge < -0.3 is 43.6 Å². The maximum atomic E-state index is 12.6. The first-order chi connectivity index (χ1) is 21.9. The van der Waals surface area contributed by atoms with Crippen LogP contribution in [0.5, 0.6) is 0 Å². The third-order valence-electron chi connectivity index (χ3n) is 6.48. The van der Waals surface area contributed by atoms with Gasteiger partial charge in [0.2, 0.25) is 17.8 Å². The molecule has 2 atom stereocenters. The van der Waals surface area contributed by atoms with Gasteiger partial charge in [-0.05, 0) is 50.5 Å². The number of nitrogens with zero attached hydrogens (tertiary/aromatic N) is 4. The number of aliphatic carboxylic acids is 1. The van der Waals surface area contributed by atoms with E-state index < -0.39 is 35.8 Å². The Labute approximate surface area is 263 Å². The summed E-state index contributed by atoms with van der Waals surface area (Å²) in [5.74, 6) is -2.80. The summed E-state index contributed by atoms with van der Waals surface area (Å²) in [6, 6.07) is 5.09. The van der Waals surface area contributed by atoms with Crippen molar-refractivity contribution in [3.05, 3.63) is 52.1 Å². The van der Waals surface area contributed by atoms with Crippen LogP contribution in [0.1, 0.15) is 55.1 Å². The average molecular weight is 639 g/mol. The van der Waals surface area contributed by atoms with Gasteiger partial charge in [0.1, 0.15) is 6.04 Å². The van der Waals surface area contributed by atoms with E-state index in [-0.39, 0.29) is 61.0 Å². The molecule has 0 fully saturated rings. The van der Waals surface area contributed by atoms with Crippen LogP contribution >= 0.6 is 0 Å². The van der Waals surface area contributed by atoms with Crippen LogP contribution in [0.4, 0.5) is 11.6 Å². The van der Waals surface area contributed by atoms with Crippen LogP contribution in [0.2, 0.25) is 0 Å². The third-order valence-corrected chi connectivity index (χ3v) is 6.48. The molecular formula is C28H38N12O6. The molecule has 3 rings (SSSR count). The Kier molecular flexibility index (Phi) is 12.7. The highest BCUT2D eigenvalue weighted by atomic mass is 16.4. The summed E-state index contributed by atoms with van der Waals surface area (Å²) in [6.45, 7) is 2.57. The van der Waals surface area contributed by atoms with Gasteiger partial charge in [0, 0.05) is 36.8 Å². The number of nitrogens with two attached hydrogens (primary N) is 3. The fourth-order valence-corrected chi connectivity index (χ4v) is 4.21. The van der Waals surface area contributed by atoms with Gasteiger partial charge in [-0.3, -0.25) is 33.9 Å². The molecule has 18 nitrogen and oxygen atoms in total. The summed E-state index contributed by atoms with van der Waals surface area (Å²) < 4.78 is 0. The van der Waals surface area contributed by atoms with E-state index in [4.69, 9.17) is 17.2 Å². The number of carboxylic acids is 1. The van der Waals surface area contributed by atoms with E-state index >= 15 is 0 Å². The maximum absolute atomic E-state index is 12.6. The van der Waals surface area contributed by atoms with Crippen LogP contribution in [0, 0.1) is 0 Å². The minimum absolute atomic E-state index is 0.0275. The molecule has 0 bridgehead atoms. The van der Waals surface area contributed by atoms with Crippen molar-refractivity contribution in [2.24, 2.45) is 16.5 Å². The molecule has 2 aromatic heterocycles. The summed E-state index contributed by atoms with van der Waals surface area (Å²) in [6.07, 6.45) is 2.27. The monoisotopic (exact) mass is 638 g/mol. The molecule has 1 aromatic carbocycles. The number of H-pyrrole nitrogens is 1. The van der Waals surface area contributed by atoms with Gasteiger partial charge in [-0.1, -0.05) is 0 Å². The minimum Gasteiger partial charge on any atom is -0.481 e. The second-order valence-corrected chi connectivity index (χ2v) is 10.4. The molecule has 2 heterocycles. The number of nitrogens with one attached hydrogen (secondary N) is 5. The molecule has 18 heteroatoms. The molecule has 0 radical (unpaired) electrons. The van der Waals surface area contributed by atoms with Gasteiger partial charge in [0.15, 0.2) is 17.1 Å². The minimum atomic E-state index is -1.25. The molecule has 0 aliphatic carbocycles. The molecule has 0 saturated carbocycles. The summed E-state index contributed by atoms with van der Waals surface area (Å²) in [5.41, 5.74) is 17.4. The Hall–Kier alpha value is -5.81. The molecule has 1 unspecified atom stereocenters. The molecule has 246 valence electrons. The fourth-order valence-electron chi connectivity index (χ4n) is 4.21. The Bertz CT molecular complexity index is 1620. The van der Waals surface area contributed by atoms with Gasteiger partial charge in [-0.2, -0.15) is 4.98 Å². The number of benzene rings is 1. The molecule has 3 amide bonds. The van der Waals surface area contributed by atoms with Crippen LogP contribution in [0.15, 0.2) is 40.2 Å². The number of aromatic amines is 1. The quantitative estimate of drug-likeness (QED) is 0.0484. The first-order valence-electron chi connectivity index (χ1n) is 14.4. The number of rotatable bonds is 17. The molecule has 0 spiro atoms. The van der Waals surface area contributed by atoms with Crippen LogP contribution in [0.3, 0.4) is 0 Å². The molecule has 0 aliphatic rings. The smallest absolute Gasteiger partial charge is 0.305 e. The molecular weight excluding hydrogens is 600 g/mol. The van der Waals surface area contributed by atoms with Crippen molar-refractivity contribution in [1.82, 2.24) is 35.9 Å². The highest BCUT2D eigenvalue weighted by molar-refractivity contribution is 5.94. The number of carbonyl (C=O) groups excluding carboxylic acids is 3. The predicted octanol–water partition coefficient (Wildman–Crippen LogP) is -1.06. The Morgan fingerprint density at radius 1 is 1.07 bits per heavy atom. The number of guanidine groups is 1. The van der Waals surface area contributed by atoms with Crippen LogP contribution in [0.25, 0.3) is 11.2 Å². The Morgan fingerprint density at radius 2 is 1.80 bits per heavy atom. The average Bonchev–Trinajstić information content (AvgIpc) is 3.00. The van der Waals surface area contributed by atoms with Gasteiger partial charge >= 0.3 is 5.97 Å². The number of hydrogen-bond acceptors (Lipinski definition) is 11. The van der Waals surface area contributed by atoms with Crippen LogP contribution in [-0.4, -0.2) is 79.9 Å². The predicted molar refractivity (Wildman–Crippen MR) is 169 cm³/mol. The number of fused-ring (bicyclic) bond motifs is 1. The van der Waals surface area contributed by atoms with E-state index in [0.717, 1.165) is 0 Å². The van der Waals surface area contributed by atoms with Gasteiger partial charge in [0.05, 0.1) is 24.9 Å². The first kappa shape index (κ1) is 34.7. The van der Waals surface area contributed by atoms with Crippen molar-refractivity contribution in [2.45, 2.75) is 57.7 Å². The summed E-state index contributed by atoms with van der Waals surface area (Å²) >= 11 is 0. The highest BCUT2D eigenvalue weighted by Gasteiger charge is 2.24. The number of anilines is 2. The van der Waals surface area contributed by atoms with Gasteiger partial charge in [-0.15, -0.1) is 0 Å². The summed E-state index contributed by atoms with van der Waals surface area (Å²) in [5, 5.41) is 20.2. The van der Waals surface area contributed by atoms with Crippen LogP contribution in [-0.2, 0) is 20.9 Å². The lowest BCUT2D eigenvalue weighted by molar-refractivity contribution is -0.140. The SMILES string of the molecule is C[C@H](CCCN=C(N)N)NC(=O)C(CC(=O)O)NC(=O)CCCNC(=O)c1ccc(NCc2cnc3nc(N)[nH]c(=O)c3n2)cc1. The number of amides is 3. The third kappa shape index (κ3) is 11.4. The second kappa shape index (κ2) is 16.9. The fraction of sp³-hybridized carbons (Fsp3) is 0.393. The largest absolute Gasteiger partial charge is 0.481 e. The summed E-state index contributed by atoms with van der Waals surface area (Å²) in [7, 11) is 0. The first-order valence-corrected chi connectivity index (χ1v) is 14.4. The van der Waals surface area contributed by atoms with Crippen molar-refractivity contribution >= 4 is 52.5 Å². The van der Waals surface area contributed by atoms with E-state index in [0.29, 0.717) is 36.3 Å². The van der Waals surface area contributed by atoms with Gasteiger partial charge in [0.25, 0.3) is 11.5 Å². The second-order valence-electron chi connectivity index (χ2n) is 10.4. The normalized spacial score (nSPS) is 12.0. The van der Waals surface area contributed by atoms with E-state index in [1.165, 1.54) is 6.20 Å². The number of carboxylic acid groups (broad SMARTS) is 1. The lowest BCUT2D eigenvalue weighted by Crippen LogP contribution is -2.50. The van der Waals surface area contributed by atoms with Gasteiger partial charge in [-0.25, -0.2) is 9.97 Å². The molecule has 12 N–H and O–H groups in total. The Balaban J connectivity index is 1.40. The molecule has 0 aliphatic heterocycles.